The summed E-state index contributed by atoms with van der Waals surface area (Å²) < 4.78 is 33.3. The van der Waals surface area contributed by atoms with Crippen LogP contribution < -0.4 is 15.9 Å². The Morgan fingerprint density at radius 3 is 0.767 bits per heavy atom. The van der Waals surface area contributed by atoms with Crippen molar-refractivity contribution in [3.8, 4) is 33.4 Å². The SMILES string of the molecule is O=Pc1ccc(-c2cc(-c3ccc(P=O)cc3)cc(-c3ccc(P=O)cc3)c2)cc1. The molecule has 0 saturated carbocycles. The maximum atomic E-state index is 11.1. The van der Waals surface area contributed by atoms with E-state index in [2.05, 4.69) is 18.2 Å². The highest BCUT2D eigenvalue weighted by molar-refractivity contribution is 7.34. The lowest BCUT2D eigenvalue weighted by atomic mass is 9.93. The molecular weight excluding hydrogens is 429 g/mol. The number of hydrogen-bond acceptors (Lipinski definition) is 3. The van der Waals surface area contributed by atoms with Gasteiger partial charge in [0.2, 0.25) is 0 Å². The highest BCUT2D eigenvalue weighted by Gasteiger charge is 2.08. The Hall–Kier alpha value is -2.82. The molecule has 0 saturated heterocycles. The second-order valence-electron chi connectivity index (χ2n) is 6.71. The van der Waals surface area contributed by atoms with Crippen molar-refractivity contribution < 1.29 is 13.7 Å². The minimum absolute atomic E-state index is 0.00325. The highest BCUT2D eigenvalue weighted by atomic mass is 31.1. The van der Waals surface area contributed by atoms with Gasteiger partial charge in [-0.15, -0.1) is 0 Å². The minimum atomic E-state index is 0.00325. The van der Waals surface area contributed by atoms with Crippen LogP contribution in [0.15, 0.2) is 91.0 Å². The van der Waals surface area contributed by atoms with Gasteiger partial charge in [-0.1, -0.05) is 36.4 Å². The predicted octanol–water partition coefficient (Wildman–Crippen LogP) is 6.44. The summed E-state index contributed by atoms with van der Waals surface area (Å²) in [6.45, 7) is 0. The Kier molecular flexibility index (Phi) is 6.36. The maximum Gasteiger partial charge on any atom is 0.192 e. The fourth-order valence-corrected chi connectivity index (χ4v) is 4.08. The molecule has 4 aromatic carbocycles. The molecular formula is C24H15O3P3. The molecule has 0 radical (unpaired) electrons. The van der Waals surface area contributed by atoms with Crippen LogP contribution in [-0.2, 0) is 13.7 Å². The van der Waals surface area contributed by atoms with E-state index in [0.717, 1.165) is 49.3 Å². The smallest absolute Gasteiger partial charge is 0.192 e. The zero-order valence-corrected chi connectivity index (χ0v) is 18.4. The molecule has 0 N–H and O–H groups in total. The van der Waals surface area contributed by atoms with Crippen molar-refractivity contribution in [1.82, 2.24) is 0 Å². The summed E-state index contributed by atoms with van der Waals surface area (Å²) in [7, 11) is 0.00975. The molecule has 4 rings (SSSR count). The fraction of sp³-hybridized carbons (Fsp3) is 0. The van der Waals surface area contributed by atoms with Crippen LogP contribution in [-0.4, -0.2) is 0 Å². The molecule has 0 unspecified atom stereocenters. The lowest BCUT2D eigenvalue weighted by molar-refractivity contribution is 0.602. The Morgan fingerprint density at radius 2 is 0.567 bits per heavy atom. The van der Waals surface area contributed by atoms with Crippen LogP contribution >= 0.6 is 25.4 Å². The van der Waals surface area contributed by atoms with Gasteiger partial charge in [0.15, 0.2) is 25.4 Å². The molecule has 4 aromatic rings. The second-order valence-corrected chi connectivity index (χ2v) is 8.81. The van der Waals surface area contributed by atoms with Crippen LogP contribution in [0.2, 0.25) is 0 Å². The van der Waals surface area contributed by atoms with E-state index in [1.165, 1.54) is 0 Å². The lowest BCUT2D eigenvalue weighted by Crippen LogP contribution is -1.93. The van der Waals surface area contributed by atoms with Crippen molar-refractivity contribution in [2.24, 2.45) is 0 Å². The van der Waals surface area contributed by atoms with E-state index in [1.54, 1.807) is 0 Å². The van der Waals surface area contributed by atoms with Crippen LogP contribution in [0.1, 0.15) is 0 Å². The second kappa shape index (κ2) is 9.33. The van der Waals surface area contributed by atoms with Gasteiger partial charge in [0.25, 0.3) is 0 Å². The Bertz CT molecular complexity index is 1050. The van der Waals surface area contributed by atoms with Crippen molar-refractivity contribution in [1.29, 1.82) is 0 Å². The monoisotopic (exact) mass is 444 g/mol. The van der Waals surface area contributed by atoms with Crippen LogP contribution in [0.3, 0.4) is 0 Å². The summed E-state index contributed by atoms with van der Waals surface area (Å²) >= 11 is 0. The number of hydrogen-bond donors (Lipinski definition) is 0. The quantitative estimate of drug-likeness (QED) is 0.322. The van der Waals surface area contributed by atoms with Gasteiger partial charge < -0.3 is 0 Å². The number of rotatable bonds is 6. The largest absolute Gasteiger partial charge is 0.269 e. The standard InChI is InChI=1S/C24H15O3P3/c25-28-22-7-1-16(2-8-22)19-13-20(17-3-9-23(29-26)10-4-17)15-21(14-19)18-5-11-24(30-27)12-6-18/h1-15H. The molecule has 0 aliphatic heterocycles. The first-order valence-electron chi connectivity index (χ1n) is 9.16. The Labute approximate surface area is 179 Å². The van der Waals surface area contributed by atoms with Gasteiger partial charge in [0.05, 0.1) is 0 Å². The molecule has 0 spiro atoms. The molecule has 30 heavy (non-hydrogen) atoms. The van der Waals surface area contributed by atoms with Crippen LogP contribution in [0.4, 0.5) is 0 Å². The molecule has 0 bridgehead atoms. The van der Waals surface area contributed by atoms with E-state index in [-0.39, 0.29) is 25.4 Å². The van der Waals surface area contributed by atoms with Crippen LogP contribution in [0.5, 0.6) is 0 Å². The summed E-state index contributed by atoms with van der Waals surface area (Å²) in [4.78, 5) is 0. The zero-order valence-electron chi connectivity index (χ0n) is 15.7. The normalized spacial score (nSPS) is 11.2. The molecule has 0 atom stereocenters. The van der Waals surface area contributed by atoms with Crippen molar-refractivity contribution in [3.05, 3.63) is 91.0 Å². The van der Waals surface area contributed by atoms with E-state index in [9.17, 15) is 13.7 Å². The van der Waals surface area contributed by atoms with Crippen LogP contribution in [0, 0.1) is 0 Å². The van der Waals surface area contributed by atoms with Gasteiger partial charge in [-0.05, 0) is 88.0 Å². The van der Waals surface area contributed by atoms with Gasteiger partial charge in [0.1, 0.15) is 0 Å². The van der Waals surface area contributed by atoms with Gasteiger partial charge in [-0.3, -0.25) is 13.7 Å². The zero-order chi connectivity index (χ0) is 20.9. The third-order valence-corrected chi connectivity index (χ3v) is 6.38. The summed E-state index contributed by atoms with van der Waals surface area (Å²) in [5.41, 5.74) is 6.18. The third kappa shape index (κ3) is 4.50. The van der Waals surface area contributed by atoms with Gasteiger partial charge in [0, 0.05) is 15.9 Å². The first-order chi connectivity index (χ1) is 14.7. The average molecular weight is 444 g/mol. The topological polar surface area (TPSA) is 51.2 Å². The van der Waals surface area contributed by atoms with Gasteiger partial charge in [-0.25, -0.2) is 0 Å². The average Bonchev–Trinajstić information content (AvgIpc) is 2.84. The molecule has 6 heteroatoms. The number of benzene rings is 4. The Balaban J connectivity index is 1.86. The molecule has 3 nitrogen and oxygen atoms in total. The van der Waals surface area contributed by atoms with Crippen molar-refractivity contribution in [2.75, 3.05) is 0 Å². The van der Waals surface area contributed by atoms with E-state index in [1.807, 2.05) is 72.8 Å². The first-order valence-corrected chi connectivity index (χ1v) is 11.6. The summed E-state index contributed by atoms with van der Waals surface area (Å²) in [5.74, 6) is 0. The first kappa shape index (κ1) is 20.5. The maximum absolute atomic E-state index is 11.1. The molecule has 144 valence electrons. The van der Waals surface area contributed by atoms with E-state index in [4.69, 9.17) is 0 Å². The molecule has 0 fully saturated rings. The van der Waals surface area contributed by atoms with E-state index in [0.29, 0.717) is 0 Å². The molecule has 0 aromatic heterocycles. The van der Waals surface area contributed by atoms with Crippen molar-refractivity contribution in [2.45, 2.75) is 0 Å². The third-order valence-electron chi connectivity index (χ3n) is 4.85. The molecule has 0 aliphatic carbocycles. The van der Waals surface area contributed by atoms with Crippen molar-refractivity contribution >= 4 is 41.3 Å². The Morgan fingerprint density at radius 1 is 0.333 bits per heavy atom. The van der Waals surface area contributed by atoms with E-state index >= 15 is 0 Å². The van der Waals surface area contributed by atoms with Crippen molar-refractivity contribution in [3.63, 3.8) is 0 Å². The minimum Gasteiger partial charge on any atom is -0.269 e. The lowest BCUT2D eigenvalue weighted by Gasteiger charge is -2.12. The fourth-order valence-electron chi connectivity index (χ4n) is 3.27. The van der Waals surface area contributed by atoms with Crippen LogP contribution in [0.25, 0.3) is 33.4 Å². The van der Waals surface area contributed by atoms with Gasteiger partial charge in [-0.2, -0.15) is 0 Å². The highest BCUT2D eigenvalue weighted by Crippen LogP contribution is 2.32. The predicted molar refractivity (Wildman–Crippen MR) is 124 cm³/mol. The summed E-state index contributed by atoms with van der Waals surface area (Å²) in [5, 5.41) is 2.19. The van der Waals surface area contributed by atoms with E-state index < -0.39 is 0 Å². The summed E-state index contributed by atoms with van der Waals surface area (Å²) in [6, 6.07) is 29.2. The van der Waals surface area contributed by atoms with Gasteiger partial charge >= 0.3 is 0 Å². The molecule has 0 aliphatic rings. The molecule has 0 heterocycles. The molecule has 0 amide bonds. The summed E-state index contributed by atoms with van der Waals surface area (Å²) in [6.07, 6.45) is 0.